The van der Waals surface area contributed by atoms with Gasteiger partial charge in [-0.15, -0.1) is 0 Å². The van der Waals surface area contributed by atoms with Crippen LogP contribution in [0.2, 0.25) is 0 Å². The lowest BCUT2D eigenvalue weighted by molar-refractivity contribution is -0.127. The molecular formula is C30H33FN4O4. The molecular weight excluding hydrogens is 499 g/mol. The maximum atomic E-state index is 13.8. The van der Waals surface area contributed by atoms with Gasteiger partial charge < -0.3 is 15.4 Å². The number of carbonyl (C=O) groups is 3. The Kier molecular flexibility index (Phi) is 9.61. The molecule has 9 heteroatoms. The van der Waals surface area contributed by atoms with E-state index >= 15 is 0 Å². The third-order valence-electron chi connectivity index (χ3n) is 6.74. The number of benzene rings is 2. The van der Waals surface area contributed by atoms with Gasteiger partial charge in [-0.05, 0) is 73.4 Å². The number of ether oxygens (including phenoxy) is 1. The van der Waals surface area contributed by atoms with Crippen molar-refractivity contribution in [3.8, 4) is 5.75 Å². The van der Waals surface area contributed by atoms with Crippen LogP contribution in [0.3, 0.4) is 0 Å². The van der Waals surface area contributed by atoms with Crippen LogP contribution in [0.1, 0.15) is 56.6 Å². The molecule has 1 atom stereocenters. The van der Waals surface area contributed by atoms with Crippen molar-refractivity contribution in [2.45, 2.75) is 57.0 Å². The highest BCUT2D eigenvalue weighted by molar-refractivity contribution is 6.01. The van der Waals surface area contributed by atoms with Gasteiger partial charge in [0.25, 0.3) is 0 Å². The second-order valence-corrected chi connectivity index (χ2v) is 9.52. The molecule has 39 heavy (non-hydrogen) atoms. The Balaban J connectivity index is 1.57. The van der Waals surface area contributed by atoms with Crippen LogP contribution in [0.15, 0.2) is 72.9 Å². The van der Waals surface area contributed by atoms with Crippen LogP contribution in [-0.2, 0) is 14.4 Å². The summed E-state index contributed by atoms with van der Waals surface area (Å²) in [4.78, 5) is 45.4. The second kappa shape index (κ2) is 13.5. The van der Waals surface area contributed by atoms with Crippen LogP contribution in [0, 0.1) is 5.82 Å². The van der Waals surface area contributed by atoms with Crippen molar-refractivity contribution in [2.75, 3.05) is 17.3 Å². The lowest BCUT2D eigenvalue weighted by Crippen LogP contribution is -2.46. The minimum atomic E-state index is -0.989. The molecule has 1 aliphatic carbocycles. The first kappa shape index (κ1) is 27.8. The summed E-state index contributed by atoms with van der Waals surface area (Å²) in [6, 6.07) is 16.7. The topological polar surface area (TPSA) is 101 Å². The van der Waals surface area contributed by atoms with Crippen molar-refractivity contribution in [1.82, 2.24) is 10.3 Å². The summed E-state index contributed by atoms with van der Waals surface area (Å²) in [5.74, 6) is -0.321. The van der Waals surface area contributed by atoms with E-state index < -0.39 is 11.9 Å². The zero-order valence-corrected chi connectivity index (χ0v) is 21.9. The molecule has 3 amide bonds. The average Bonchev–Trinajstić information content (AvgIpc) is 3.46. The van der Waals surface area contributed by atoms with Gasteiger partial charge in [0.2, 0.25) is 17.7 Å². The summed E-state index contributed by atoms with van der Waals surface area (Å²) in [5, 5.41) is 5.82. The van der Waals surface area contributed by atoms with Crippen molar-refractivity contribution >= 4 is 29.2 Å². The second-order valence-electron chi connectivity index (χ2n) is 9.52. The van der Waals surface area contributed by atoms with E-state index in [0.29, 0.717) is 22.8 Å². The molecule has 3 aromatic rings. The van der Waals surface area contributed by atoms with Crippen LogP contribution in [-0.4, -0.2) is 35.9 Å². The molecule has 0 radical (unpaired) electrons. The predicted molar refractivity (Wildman–Crippen MR) is 147 cm³/mol. The van der Waals surface area contributed by atoms with Gasteiger partial charge in [-0.3, -0.25) is 19.3 Å². The Hall–Kier alpha value is -4.27. The Morgan fingerprint density at radius 2 is 1.72 bits per heavy atom. The summed E-state index contributed by atoms with van der Waals surface area (Å²) in [7, 11) is 1.55. The fraction of sp³-hybridized carbons (Fsp3) is 0.333. The highest BCUT2D eigenvalue weighted by Gasteiger charge is 2.34. The molecule has 8 nitrogen and oxygen atoms in total. The zero-order valence-electron chi connectivity index (χ0n) is 21.9. The van der Waals surface area contributed by atoms with E-state index in [-0.39, 0.29) is 43.0 Å². The van der Waals surface area contributed by atoms with Gasteiger partial charge in [-0.25, -0.2) is 9.37 Å². The molecule has 2 aromatic carbocycles. The fourth-order valence-electron chi connectivity index (χ4n) is 4.76. The molecule has 204 valence electrons. The molecule has 0 unspecified atom stereocenters. The molecule has 1 saturated carbocycles. The van der Waals surface area contributed by atoms with Gasteiger partial charge in [-0.2, -0.15) is 0 Å². The minimum absolute atomic E-state index is 0.0103. The molecule has 0 spiro atoms. The Morgan fingerprint density at radius 3 is 2.36 bits per heavy atom. The van der Waals surface area contributed by atoms with Crippen molar-refractivity contribution in [1.29, 1.82) is 0 Å². The molecule has 0 saturated heterocycles. The number of halogens is 1. The molecule has 2 N–H and O–H groups in total. The van der Waals surface area contributed by atoms with Gasteiger partial charge in [0.05, 0.1) is 7.11 Å². The predicted octanol–water partition coefficient (Wildman–Crippen LogP) is 5.17. The van der Waals surface area contributed by atoms with E-state index in [4.69, 9.17) is 4.74 Å². The SMILES string of the molecule is COc1ccc([C@H](C(=O)NC2CCCC2)N(C(=O)CCCC(=O)Nc2ccccn2)c2ccc(F)cc2)cc1. The first-order chi connectivity index (χ1) is 18.9. The summed E-state index contributed by atoms with van der Waals surface area (Å²) < 4.78 is 19.1. The molecule has 1 heterocycles. The Morgan fingerprint density at radius 1 is 1.00 bits per heavy atom. The summed E-state index contributed by atoms with van der Waals surface area (Å²) in [5.41, 5.74) is 0.985. The van der Waals surface area contributed by atoms with E-state index in [0.717, 1.165) is 25.7 Å². The number of methoxy groups -OCH3 is 1. The summed E-state index contributed by atoms with van der Waals surface area (Å²) in [6.45, 7) is 0. The zero-order chi connectivity index (χ0) is 27.6. The van der Waals surface area contributed by atoms with Gasteiger partial charge in [-0.1, -0.05) is 31.0 Å². The van der Waals surface area contributed by atoms with Gasteiger partial charge >= 0.3 is 0 Å². The minimum Gasteiger partial charge on any atom is -0.497 e. The molecule has 1 aliphatic rings. The highest BCUT2D eigenvalue weighted by Crippen LogP contribution is 2.31. The number of nitrogens with zero attached hydrogens (tertiary/aromatic N) is 2. The summed E-state index contributed by atoms with van der Waals surface area (Å²) >= 11 is 0. The van der Waals surface area contributed by atoms with Crippen molar-refractivity contribution < 1.29 is 23.5 Å². The highest BCUT2D eigenvalue weighted by atomic mass is 19.1. The maximum absolute atomic E-state index is 13.8. The van der Waals surface area contributed by atoms with E-state index in [1.165, 1.54) is 29.2 Å². The van der Waals surface area contributed by atoms with E-state index in [9.17, 15) is 18.8 Å². The number of nitrogens with one attached hydrogen (secondary N) is 2. The monoisotopic (exact) mass is 532 g/mol. The van der Waals surface area contributed by atoms with Gasteiger partial charge in [0.1, 0.15) is 23.4 Å². The molecule has 0 bridgehead atoms. The number of hydrogen-bond acceptors (Lipinski definition) is 5. The van der Waals surface area contributed by atoms with E-state index in [1.54, 1.807) is 55.8 Å². The summed E-state index contributed by atoms with van der Waals surface area (Å²) in [6.07, 6.45) is 5.80. The number of carbonyl (C=O) groups excluding carboxylic acids is 3. The van der Waals surface area contributed by atoms with Crippen LogP contribution in [0.4, 0.5) is 15.9 Å². The lowest BCUT2D eigenvalue weighted by Gasteiger charge is -2.32. The average molecular weight is 533 g/mol. The normalized spacial score (nSPS) is 13.9. The lowest BCUT2D eigenvalue weighted by atomic mass is 10.0. The molecule has 0 aliphatic heterocycles. The fourth-order valence-corrected chi connectivity index (χ4v) is 4.76. The quantitative estimate of drug-likeness (QED) is 0.355. The third kappa shape index (κ3) is 7.63. The van der Waals surface area contributed by atoms with Crippen LogP contribution >= 0.6 is 0 Å². The third-order valence-corrected chi connectivity index (χ3v) is 6.74. The number of anilines is 2. The number of pyridine rings is 1. The largest absolute Gasteiger partial charge is 0.497 e. The number of amides is 3. The van der Waals surface area contributed by atoms with E-state index in [2.05, 4.69) is 15.6 Å². The number of aromatic nitrogens is 1. The number of hydrogen-bond donors (Lipinski definition) is 2. The Bertz CT molecular complexity index is 1250. The maximum Gasteiger partial charge on any atom is 0.248 e. The smallest absolute Gasteiger partial charge is 0.248 e. The molecule has 1 fully saturated rings. The molecule has 4 rings (SSSR count). The first-order valence-corrected chi connectivity index (χ1v) is 13.2. The van der Waals surface area contributed by atoms with Gasteiger partial charge in [0.15, 0.2) is 0 Å². The standard InChI is InChI=1S/C30H33FN4O4/c1-39-25-18-12-21(13-19-25)29(30(38)33-23-7-2-3-8-23)35(24-16-14-22(31)15-17-24)28(37)11-6-10-27(36)34-26-9-4-5-20-32-26/h4-5,9,12-20,23,29H,2-3,6-8,10-11H2,1H3,(H,33,38)(H,32,34,36)/t29-/m1/s1. The van der Waals surface area contributed by atoms with Crippen LogP contribution in [0.25, 0.3) is 0 Å². The first-order valence-electron chi connectivity index (χ1n) is 13.2. The van der Waals surface area contributed by atoms with Crippen molar-refractivity contribution in [3.63, 3.8) is 0 Å². The van der Waals surface area contributed by atoms with Crippen molar-refractivity contribution in [2.24, 2.45) is 0 Å². The van der Waals surface area contributed by atoms with Gasteiger partial charge in [0, 0.05) is 30.8 Å². The van der Waals surface area contributed by atoms with Crippen LogP contribution in [0.5, 0.6) is 5.75 Å². The van der Waals surface area contributed by atoms with Crippen LogP contribution < -0.4 is 20.3 Å². The van der Waals surface area contributed by atoms with E-state index in [1.807, 2.05) is 0 Å². The van der Waals surface area contributed by atoms with Crippen molar-refractivity contribution in [3.05, 3.63) is 84.3 Å². The molecule has 1 aromatic heterocycles. The Labute approximate surface area is 227 Å². The number of rotatable bonds is 11.